The van der Waals surface area contributed by atoms with Gasteiger partial charge in [0.2, 0.25) is 5.91 Å². The number of alkyl halides is 6. The Hall–Kier alpha value is -4.34. The summed E-state index contributed by atoms with van der Waals surface area (Å²) in [6.45, 7) is -1.02. The number of anilines is 2. The van der Waals surface area contributed by atoms with Crippen LogP contribution >= 0.6 is 0 Å². The maximum Gasteiger partial charge on any atom is 0.419 e. The molecule has 2 saturated heterocycles. The van der Waals surface area contributed by atoms with Crippen molar-refractivity contribution < 1.29 is 44.3 Å². The number of halogens is 6. The third kappa shape index (κ3) is 5.70. The lowest BCUT2D eigenvalue weighted by atomic mass is 10.1. The van der Waals surface area contributed by atoms with Crippen molar-refractivity contribution in [2.45, 2.75) is 23.3 Å². The number of aromatic nitrogens is 1. The molecule has 0 saturated carbocycles. The first-order valence-corrected chi connectivity index (χ1v) is 14.3. The van der Waals surface area contributed by atoms with Crippen LogP contribution in [-0.2, 0) is 27.2 Å². The van der Waals surface area contributed by atoms with Gasteiger partial charge in [0, 0.05) is 38.1 Å². The van der Waals surface area contributed by atoms with Crippen LogP contribution in [-0.4, -0.2) is 73.3 Å². The largest absolute Gasteiger partial charge is 0.419 e. The third-order valence-corrected chi connectivity index (χ3v) is 8.93. The molecule has 1 aromatic heterocycles. The Balaban J connectivity index is 1.43. The smallest absolute Gasteiger partial charge is 0.353 e. The van der Waals surface area contributed by atoms with Gasteiger partial charge in [-0.15, -0.1) is 0 Å². The Bertz CT molecular complexity index is 1630. The lowest BCUT2D eigenvalue weighted by Gasteiger charge is -2.38. The molecule has 3 heterocycles. The summed E-state index contributed by atoms with van der Waals surface area (Å²) in [5, 5.41) is 0. The van der Waals surface area contributed by atoms with Gasteiger partial charge in [-0.25, -0.2) is 22.5 Å². The number of pyridine rings is 1. The van der Waals surface area contributed by atoms with E-state index < -0.39 is 62.9 Å². The molecule has 0 aliphatic carbocycles. The molecule has 43 heavy (non-hydrogen) atoms. The standard InChI is InChI=1S/C27H23F6N5O4S/c28-26(29,30)19-9-4-5-11-22(19)43(41,42)37-17-21(38(25(37)40)18-7-2-1-3-8-18)24(39)36-15-13-35(14-16-36)23-20(27(31,32)33)10-6-12-34-23/h1-12,21H,13-17H2/t21-/m0/s1. The Morgan fingerprint density at radius 2 is 1.37 bits per heavy atom. The van der Waals surface area contributed by atoms with E-state index in [0.717, 1.165) is 35.2 Å². The molecule has 2 aliphatic rings. The summed E-state index contributed by atoms with van der Waals surface area (Å²) in [7, 11) is -5.07. The minimum absolute atomic E-state index is 0.0428. The van der Waals surface area contributed by atoms with Crippen molar-refractivity contribution >= 4 is 33.5 Å². The predicted molar refractivity (Wildman–Crippen MR) is 141 cm³/mol. The number of sulfonamides is 1. The Morgan fingerprint density at radius 1 is 0.791 bits per heavy atom. The number of para-hydroxylation sites is 1. The molecule has 16 heteroatoms. The molecular formula is C27H23F6N5O4S. The van der Waals surface area contributed by atoms with Crippen molar-refractivity contribution in [3.05, 3.63) is 84.1 Å². The van der Waals surface area contributed by atoms with Gasteiger partial charge in [0.25, 0.3) is 10.0 Å². The number of urea groups is 1. The average Bonchev–Trinajstić information content (AvgIpc) is 3.34. The van der Waals surface area contributed by atoms with Crippen molar-refractivity contribution in [3.8, 4) is 0 Å². The molecule has 0 bridgehead atoms. The van der Waals surface area contributed by atoms with Gasteiger partial charge < -0.3 is 9.80 Å². The molecule has 3 aromatic rings. The van der Waals surface area contributed by atoms with Crippen LogP contribution in [0.25, 0.3) is 0 Å². The second kappa shape index (κ2) is 11.1. The predicted octanol–water partition coefficient (Wildman–Crippen LogP) is 4.47. The summed E-state index contributed by atoms with van der Waals surface area (Å²) < 4.78 is 109. The van der Waals surface area contributed by atoms with Crippen molar-refractivity contribution in [1.29, 1.82) is 0 Å². The molecule has 5 rings (SSSR count). The molecule has 0 radical (unpaired) electrons. The summed E-state index contributed by atoms with van der Waals surface area (Å²) in [5.74, 6) is -1.01. The zero-order valence-electron chi connectivity index (χ0n) is 22.1. The van der Waals surface area contributed by atoms with E-state index in [4.69, 9.17) is 0 Å². The minimum Gasteiger partial charge on any atom is -0.353 e. The number of benzene rings is 2. The number of carbonyl (C=O) groups excluding carboxylic acids is 2. The van der Waals surface area contributed by atoms with Gasteiger partial charge in [-0.1, -0.05) is 30.3 Å². The number of nitrogens with zero attached hydrogens (tertiary/aromatic N) is 5. The van der Waals surface area contributed by atoms with Crippen LogP contribution in [0.2, 0.25) is 0 Å². The van der Waals surface area contributed by atoms with Gasteiger partial charge in [-0.3, -0.25) is 9.69 Å². The Labute approximate surface area is 242 Å². The summed E-state index contributed by atoms with van der Waals surface area (Å²) in [6, 6.07) is 10.4. The Kier molecular flexibility index (Phi) is 7.75. The molecule has 0 spiro atoms. The number of hydrogen-bond acceptors (Lipinski definition) is 6. The highest BCUT2D eigenvalue weighted by atomic mass is 32.2. The fourth-order valence-corrected chi connectivity index (χ4v) is 6.68. The van der Waals surface area contributed by atoms with Crippen LogP contribution < -0.4 is 9.80 Å². The van der Waals surface area contributed by atoms with Crippen LogP contribution in [0.15, 0.2) is 77.8 Å². The molecule has 2 aliphatic heterocycles. The summed E-state index contributed by atoms with van der Waals surface area (Å²) in [6.07, 6.45) is -8.48. The minimum atomic E-state index is -5.07. The number of hydrogen-bond donors (Lipinski definition) is 0. The molecule has 2 aromatic carbocycles. The van der Waals surface area contributed by atoms with Crippen LogP contribution in [0.5, 0.6) is 0 Å². The second-order valence-electron chi connectivity index (χ2n) is 9.72. The van der Waals surface area contributed by atoms with E-state index in [2.05, 4.69) is 4.98 Å². The van der Waals surface area contributed by atoms with Crippen LogP contribution in [0, 0.1) is 0 Å². The number of amides is 3. The monoisotopic (exact) mass is 627 g/mol. The van der Waals surface area contributed by atoms with Crippen LogP contribution in [0.3, 0.4) is 0 Å². The van der Waals surface area contributed by atoms with Crippen molar-refractivity contribution in [3.63, 3.8) is 0 Å². The van der Waals surface area contributed by atoms with Gasteiger partial charge in [0.05, 0.1) is 22.6 Å². The first-order valence-electron chi connectivity index (χ1n) is 12.8. The fourth-order valence-electron chi connectivity index (χ4n) is 5.10. The van der Waals surface area contributed by atoms with Gasteiger partial charge in [-0.05, 0) is 36.4 Å². The molecular weight excluding hydrogens is 604 g/mol. The van der Waals surface area contributed by atoms with E-state index in [0.29, 0.717) is 6.07 Å². The molecule has 9 nitrogen and oxygen atoms in total. The van der Waals surface area contributed by atoms with Crippen molar-refractivity contribution in [2.24, 2.45) is 0 Å². The normalized spacial score (nSPS) is 18.4. The SMILES string of the molecule is O=C([C@@H]1CN(S(=O)(=O)c2ccccc2C(F)(F)F)C(=O)N1c1ccccc1)N1CCN(c2ncccc2C(F)(F)F)CC1. The highest BCUT2D eigenvalue weighted by Crippen LogP contribution is 2.38. The van der Waals surface area contributed by atoms with E-state index in [1.165, 1.54) is 40.3 Å². The average molecular weight is 628 g/mol. The van der Waals surface area contributed by atoms with Gasteiger partial charge in [-0.2, -0.15) is 26.3 Å². The van der Waals surface area contributed by atoms with Gasteiger partial charge >= 0.3 is 18.4 Å². The Morgan fingerprint density at radius 3 is 2.00 bits per heavy atom. The van der Waals surface area contributed by atoms with E-state index >= 15 is 0 Å². The third-order valence-electron chi connectivity index (χ3n) is 7.13. The van der Waals surface area contributed by atoms with Crippen LogP contribution in [0.4, 0.5) is 42.6 Å². The van der Waals surface area contributed by atoms with Gasteiger partial charge in [0.15, 0.2) is 0 Å². The lowest BCUT2D eigenvalue weighted by molar-refractivity contribution is -0.140. The van der Waals surface area contributed by atoms with E-state index in [9.17, 15) is 44.3 Å². The van der Waals surface area contributed by atoms with Gasteiger partial charge in [0.1, 0.15) is 11.9 Å². The summed E-state index contributed by atoms with van der Waals surface area (Å²) >= 11 is 0. The maximum atomic E-state index is 13.8. The highest BCUT2D eigenvalue weighted by Gasteiger charge is 2.51. The quantitative estimate of drug-likeness (QED) is 0.388. The lowest BCUT2D eigenvalue weighted by Crippen LogP contribution is -2.55. The molecule has 0 unspecified atom stereocenters. The first-order chi connectivity index (χ1) is 20.2. The maximum absolute atomic E-state index is 13.8. The topological polar surface area (TPSA) is 94.1 Å². The fraction of sp³-hybridized carbons (Fsp3) is 0.296. The molecule has 1 atom stereocenters. The highest BCUT2D eigenvalue weighted by molar-refractivity contribution is 7.89. The second-order valence-corrected chi connectivity index (χ2v) is 11.5. The number of rotatable bonds is 5. The summed E-state index contributed by atoms with van der Waals surface area (Å²) in [5.41, 5.74) is -2.27. The zero-order chi connectivity index (χ0) is 31.2. The van der Waals surface area contributed by atoms with Crippen molar-refractivity contribution in [1.82, 2.24) is 14.2 Å². The number of piperazine rings is 1. The van der Waals surface area contributed by atoms with E-state index in [-0.39, 0.29) is 42.0 Å². The first kappa shape index (κ1) is 30.1. The summed E-state index contributed by atoms with van der Waals surface area (Å²) in [4.78, 5) is 33.6. The molecule has 3 amide bonds. The van der Waals surface area contributed by atoms with Crippen LogP contribution in [0.1, 0.15) is 11.1 Å². The molecule has 2 fully saturated rings. The molecule has 228 valence electrons. The van der Waals surface area contributed by atoms with E-state index in [1.807, 2.05) is 0 Å². The zero-order valence-corrected chi connectivity index (χ0v) is 22.9. The number of carbonyl (C=O) groups is 2. The molecule has 0 N–H and O–H groups in total. The van der Waals surface area contributed by atoms with Crippen molar-refractivity contribution in [2.75, 3.05) is 42.5 Å². The van der Waals surface area contributed by atoms with E-state index in [1.54, 1.807) is 6.07 Å².